The second-order valence-electron chi connectivity index (χ2n) is 8.67. The summed E-state index contributed by atoms with van der Waals surface area (Å²) in [6.45, 7) is 10.9. The number of benzene rings is 1. The number of hydrogen-bond acceptors (Lipinski definition) is 3. The third-order valence-corrected chi connectivity index (χ3v) is 6.26. The van der Waals surface area contributed by atoms with Gasteiger partial charge in [0.1, 0.15) is 0 Å². The Morgan fingerprint density at radius 2 is 2.00 bits per heavy atom. The number of halogens is 1. The van der Waals surface area contributed by atoms with Crippen molar-refractivity contribution >= 4 is 29.9 Å². The molecule has 3 rings (SSSR count). The Kier molecular flexibility index (Phi) is 10.3. The van der Waals surface area contributed by atoms with Crippen LogP contribution in [0.5, 0.6) is 0 Å². The molecule has 2 unspecified atom stereocenters. The SMILES string of the molecule is CN=C(NCC1CCN(CCc2ccccc2)C1)NC(C)Cc1c(C)nn(C)c1C.I. The Hall–Kier alpha value is -1.61. The van der Waals surface area contributed by atoms with Crippen molar-refractivity contribution in [2.75, 3.05) is 33.2 Å². The summed E-state index contributed by atoms with van der Waals surface area (Å²) in [5.41, 5.74) is 5.12. The fourth-order valence-corrected chi connectivity index (χ4v) is 4.35. The summed E-state index contributed by atoms with van der Waals surface area (Å²) >= 11 is 0. The molecule has 1 saturated heterocycles. The predicted molar refractivity (Wildman–Crippen MR) is 140 cm³/mol. The molecule has 1 fully saturated rings. The molecule has 172 valence electrons. The monoisotopic (exact) mass is 538 g/mol. The summed E-state index contributed by atoms with van der Waals surface area (Å²) in [6.07, 6.45) is 3.33. The van der Waals surface area contributed by atoms with Crippen molar-refractivity contribution in [1.82, 2.24) is 25.3 Å². The number of guanidine groups is 1. The number of aromatic nitrogens is 2. The first kappa shape index (κ1) is 25.6. The Morgan fingerprint density at radius 1 is 1.26 bits per heavy atom. The van der Waals surface area contributed by atoms with Gasteiger partial charge in [0, 0.05) is 45.5 Å². The van der Waals surface area contributed by atoms with Crippen LogP contribution in [0.1, 0.15) is 35.9 Å². The highest BCUT2D eigenvalue weighted by Gasteiger charge is 2.22. The number of nitrogens with one attached hydrogen (secondary N) is 2. The lowest BCUT2D eigenvalue weighted by molar-refractivity contribution is 0.328. The van der Waals surface area contributed by atoms with Crippen molar-refractivity contribution in [2.45, 2.75) is 46.1 Å². The van der Waals surface area contributed by atoms with Gasteiger partial charge in [-0.15, -0.1) is 24.0 Å². The number of nitrogens with zero attached hydrogens (tertiary/aromatic N) is 4. The highest BCUT2D eigenvalue weighted by molar-refractivity contribution is 14.0. The van der Waals surface area contributed by atoms with E-state index >= 15 is 0 Å². The number of likely N-dealkylation sites (tertiary alicyclic amines) is 1. The number of hydrogen-bond donors (Lipinski definition) is 2. The van der Waals surface area contributed by atoms with E-state index in [0.717, 1.165) is 37.6 Å². The standard InChI is InChI=1S/C24H38N6.HI/c1-18(15-23-19(2)28-29(5)20(23)3)27-24(25-4)26-16-22-12-14-30(17-22)13-11-21-9-7-6-8-10-21;/h6-10,18,22H,11-17H2,1-5H3,(H2,25,26,27);1H. The van der Waals surface area contributed by atoms with Crippen LogP contribution in [-0.2, 0) is 19.9 Å². The molecule has 0 bridgehead atoms. The lowest BCUT2D eigenvalue weighted by atomic mass is 10.1. The minimum atomic E-state index is 0. The normalized spacial score (nSPS) is 18.0. The van der Waals surface area contributed by atoms with Gasteiger partial charge in [-0.25, -0.2) is 0 Å². The van der Waals surface area contributed by atoms with Gasteiger partial charge >= 0.3 is 0 Å². The third kappa shape index (κ3) is 7.49. The van der Waals surface area contributed by atoms with Crippen molar-refractivity contribution in [3.63, 3.8) is 0 Å². The number of aryl methyl sites for hydroxylation is 2. The van der Waals surface area contributed by atoms with Crippen molar-refractivity contribution in [3.8, 4) is 0 Å². The second kappa shape index (κ2) is 12.4. The van der Waals surface area contributed by atoms with Gasteiger partial charge in [-0.05, 0) is 63.6 Å². The molecule has 2 N–H and O–H groups in total. The van der Waals surface area contributed by atoms with E-state index in [0.29, 0.717) is 12.0 Å². The lowest BCUT2D eigenvalue weighted by Gasteiger charge is -2.20. The summed E-state index contributed by atoms with van der Waals surface area (Å²) in [7, 11) is 3.86. The predicted octanol–water partition coefficient (Wildman–Crippen LogP) is 3.32. The average Bonchev–Trinajstić information content (AvgIpc) is 3.30. The Labute approximate surface area is 204 Å². The molecule has 2 atom stereocenters. The van der Waals surface area contributed by atoms with Gasteiger partial charge in [0.25, 0.3) is 0 Å². The minimum absolute atomic E-state index is 0. The highest BCUT2D eigenvalue weighted by Crippen LogP contribution is 2.16. The molecule has 2 heterocycles. The van der Waals surface area contributed by atoms with Crippen LogP contribution in [-0.4, -0.2) is 59.9 Å². The number of rotatable bonds is 8. The zero-order valence-electron chi connectivity index (χ0n) is 19.7. The second-order valence-corrected chi connectivity index (χ2v) is 8.67. The molecule has 2 aromatic rings. The lowest BCUT2D eigenvalue weighted by Crippen LogP contribution is -2.45. The van der Waals surface area contributed by atoms with E-state index in [-0.39, 0.29) is 24.0 Å². The molecular formula is C24H39IN6. The van der Waals surface area contributed by atoms with Crippen LogP contribution in [0.4, 0.5) is 0 Å². The molecule has 7 heteroatoms. The molecule has 1 aromatic heterocycles. The van der Waals surface area contributed by atoms with Gasteiger partial charge in [-0.2, -0.15) is 5.10 Å². The molecule has 0 aliphatic carbocycles. The summed E-state index contributed by atoms with van der Waals surface area (Å²) in [5, 5.41) is 11.6. The van der Waals surface area contributed by atoms with Crippen LogP contribution in [0.25, 0.3) is 0 Å². The molecule has 1 aliphatic heterocycles. The van der Waals surface area contributed by atoms with Crippen molar-refractivity contribution in [3.05, 3.63) is 52.8 Å². The van der Waals surface area contributed by atoms with Crippen molar-refractivity contribution in [2.24, 2.45) is 18.0 Å². The summed E-state index contributed by atoms with van der Waals surface area (Å²) in [4.78, 5) is 7.03. The summed E-state index contributed by atoms with van der Waals surface area (Å²) in [5.74, 6) is 1.57. The van der Waals surface area contributed by atoms with Crippen LogP contribution in [0.2, 0.25) is 0 Å². The van der Waals surface area contributed by atoms with E-state index in [1.165, 1.54) is 36.3 Å². The van der Waals surface area contributed by atoms with Crippen LogP contribution < -0.4 is 10.6 Å². The maximum atomic E-state index is 4.53. The van der Waals surface area contributed by atoms with E-state index in [1.54, 1.807) is 0 Å². The molecule has 1 aromatic carbocycles. The van der Waals surface area contributed by atoms with Crippen LogP contribution in [0.3, 0.4) is 0 Å². The molecule has 1 aliphatic rings. The zero-order valence-corrected chi connectivity index (χ0v) is 22.0. The molecule has 0 saturated carbocycles. The van der Waals surface area contributed by atoms with Crippen LogP contribution >= 0.6 is 24.0 Å². The van der Waals surface area contributed by atoms with Crippen LogP contribution in [0.15, 0.2) is 35.3 Å². The smallest absolute Gasteiger partial charge is 0.191 e. The maximum Gasteiger partial charge on any atom is 0.191 e. The third-order valence-electron chi connectivity index (χ3n) is 6.26. The fraction of sp³-hybridized carbons (Fsp3) is 0.583. The van der Waals surface area contributed by atoms with Gasteiger partial charge in [0.05, 0.1) is 5.69 Å². The van der Waals surface area contributed by atoms with E-state index in [2.05, 4.69) is 76.7 Å². The zero-order chi connectivity index (χ0) is 21.5. The van der Waals surface area contributed by atoms with Gasteiger partial charge < -0.3 is 15.5 Å². The highest BCUT2D eigenvalue weighted by atomic mass is 127. The van der Waals surface area contributed by atoms with Crippen molar-refractivity contribution < 1.29 is 0 Å². The first-order chi connectivity index (χ1) is 14.5. The first-order valence-electron chi connectivity index (χ1n) is 11.2. The topological polar surface area (TPSA) is 57.5 Å². The maximum absolute atomic E-state index is 4.53. The summed E-state index contributed by atoms with van der Waals surface area (Å²) in [6, 6.07) is 11.1. The Morgan fingerprint density at radius 3 is 2.65 bits per heavy atom. The van der Waals surface area contributed by atoms with Gasteiger partial charge in [0.2, 0.25) is 0 Å². The summed E-state index contributed by atoms with van der Waals surface area (Å²) < 4.78 is 1.97. The quantitative estimate of drug-likeness (QED) is 0.308. The van der Waals surface area contributed by atoms with E-state index in [9.17, 15) is 0 Å². The Balaban J connectivity index is 0.00000341. The van der Waals surface area contributed by atoms with Gasteiger partial charge in [-0.3, -0.25) is 9.67 Å². The van der Waals surface area contributed by atoms with E-state index < -0.39 is 0 Å². The molecule has 6 nitrogen and oxygen atoms in total. The van der Waals surface area contributed by atoms with E-state index in [4.69, 9.17) is 0 Å². The first-order valence-corrected chi connectivity index (χ1v) is 11.2. The molecule has 31 heavy (non-hydrogen) atoms. The molecule has 0 amide bonds. The molecule has 0 spiro atoms. The van der Waals surface area contributed by atoms with Gasteiger partial charge in [-0.1, -0.05) is 30.3 Å². The molecular weight excluding hydrogens is 499 g/mol. The Bertz CT molecular complexity index is 832. The average molecular weight is 539 g/mol. The van der Waals surface area contributed by atoms with E-state index in [1.807, 2.05) is 18.8 Å². The number of aliphatic imine (C=N–C) groups is 1. The van der Waals surface area contributed by atoms with Crippen molar-refractivity contribution in [1.29, 1.82) is 0 Å². The minimum Gasteiger partial charge on any atom is -0.356 e. The molecule has 0 radical (unpaired) electrons. The van der Waals surface area contributed by atoms with Crippen LogP contribution in [0, 0.1) is 19.8 Å². The van der Waals surface area contributed by atoms with Gasteiger partial charge in [0.15, 0.2) is 5.96 Å². The largest absolute Gasteiger partial charge is 0.356 e. The fourth-order valence-electron chi connectivity index (χ4n) is 4.35.